The van der Waals surface area contributed by atoms with Crippen LogP contribution >= 0.6 is 0 Å². The monoisotopic (exact) mass is 290 g/mol. The van der Waals surface area contributed by atoms with Crippen molar-refractivity contribution < 1.29 is 14.6 Å². The van der Waals surface area contributed by atoms with Crippen molar-refractivity contribution in [3.05, 3.63) is 29.8 Å². The number of rotatable bonds is 5. The first-order valence-corrected chi connectivity index (χ1v) is 7.57. The smallest absolute Gasteiger partial charge is 0.414 e. The summed E-state index contributed by atoms with van der Waals surface area (Å²) in [6, 6.07) is 8.09. The van der Waals surface area contributed by atoms with E-state index >= 15 is 0 Å². The van der Waals surface area contributed by atoms with Crippen molar-refractivity contribution in [3.63, 3.8) is 0 Å². The molecule has 0 radical (unpaired) electrons. The minimum atomic E-state index is -0.506. The lowest BCUT2D eigenvalue weighted by Gasteiger charge is -2.37. The van der Waals surface area contributed by atoms with E-state index in [2.05, 4.69) is 12.2 Å². The Morgan fingerprint density at radius 1 is 1.38 bits per heavy atom. The lowest BCUT2D eigenvalue weighted by atomic mass is 9.80. The molecule has 0 spiro atoms. The van der Waals surface area contributed by atoms with Gasteiger partial charge in [-0.25, -0.2) is 4.79 Å². The van der Waals surface area contributed by atoms with Crippen molar-refractivity contribution >= 4 is 11.8 Å². The van der Waals surface area contributed by atoms with E-state index in [0.717, 1.165) is 30.5 Å². The van der Waals surface area contributed by atoms with E-state index in [1.807, 2.05) is 24.3 Å². The summed E-state index contributed by atoms with van der Waals surface area (Å²) in [6.07, 6.45) is 2.62. The Morgan fingerprint density at radius 2 is 2.10 bits per heavy atom. The number of carbonyl (C=O) groups is 1. The van der Waals surface area contributed by atoms with E-state index in [9.17, 15) is 9.90 Å². The lowest BCUT2D eigenvalue weighted by Crippen LogP contribution is -2.46. The number of nitrogens with zero attached hydrogens (tertiary/aromatic N) is 1. The highest BCUT2D eigenvalue weighted by atomic mass is 16.6. The highest BCUT2D eigenvalue weighted by Crippen LogP contribution is 2.31. The second-order valence-electron chi connectivity index (χ2n) is 6.04. The molecule has 21 heavy (non-hydrogen) atoms. The largest absolute Gasteiger partial charge is 0.447 e. The zero-order valence-corrected chi connectivity index (χ0v) is 12.3. The van der Waals surface area contributed by atoms with Gasteiger partial charge in [-0.15, -0.1) is 0 Å². The molecule has 2 fully saturated rings. The van der Waals surface area contributed by atoms with Gasteiger partial charge in [0.05, 0.1) is 12.1 Å². The molecule has 1 atom stereocenters. The third kappa shape index (κ3) is 3.04. The van der Waals surface area contributed by atoms with Gasteiger partial charge in [-0.05, 0) is 43.9 Å². The standard InChI is InChI=1S/C16H22N2O3/c1-12(17-11-16(20)7-2-8-16)13-3-5-14(6-4-13)18-9-10-21-15(18)19/h3-6,12,17,20H,2,7-11H2,1H3. The number of nitrogens with one attached hydrogen (secondary N) is 1. The zero-order valence-electron chi connectivity index (χ0n) is 12.3. The van der Waals surface area contributed by atoms with Crippen molar-refractivity contribution in [1.29, 1.82) is 0 Å². The second-order valence-corrected chi connectivity index (χ2v) is 6.04. The molecule has 1 aliphatic carbocycles. The average Bonchev–Trinajstić information content (AvgIpc) is 2.89. The number of anilines is 1. The summed E-state index contributed by atoms with van der Waals surface area (Å²) >= 11 is 0. The topological polar surface area (TPSA) is 61.8 Å². The predicted molar refractivity (Wildman–Crippen MR) is 80.4 cm³/mol. The van der Waals surface area contributed by atoms with Gasteiger partial charge in [-0.3, -0.25) is 4.90 Å². The first-order chi connectivity index (χ1) is 10.1. The molecular weight excluding hydrogens is 268 g/mol. The summed E-state index contributed by atoms with van der Waals surface area (Å²) < 4.78 is 4.94. The first-order valence-electron chi connectivity index (χ1n) is 7.57. The third-order valence-corrected chi connectivity index (χ3v) is 4.49. The van der Waals surface area contributed by atoms with E-state index in [-0.39, 0.29) is 12.1 Å². The lowest BCUT2D eigenvalue weighted by molar-refractivity contribution is -0.0329. The average molecular weight is 290 g/mol. The van der Waals surface area contributed by atoms with Crippen molar-refractivity contribution in [2.45, 2.75) is 37.8 Å². The molecule has 1 saturated heterocycles. The number of hydrogen-bond acceptors (Lipinski definition) is 4. The maximum absolute atomic E-state index is 11.5. The molecule has 5 heteroatoms. The number of aliphatic hydroxyl groups is 1. The van der Waals surface area contributed by atoms with Crippen LogP contribution in [0.2, 0.25) is 0 Å². The van der Waals surface area contributed by atoms with Crippen molar-refractivity contribution in [3.8, 4) is 0 Å². The van der Waals surface area contributed by atoms with E-state index < -0.39 is 5.60 Å². The van der Waals surface area contributed by atoms with Crippen LogP contribution in [-0.2, 0) is 4.74 Å². The fourth-order valence-electron chi connectivity index (χ4n) is 2.79. The van der Waals surface area contributed by atoms with Crippen molar-refractivity contribution in [2.75, 3.05) is 24.6 Å². The van der Waals surface area contributed by atoms with Crippen LogP contribution in [0.15, 0.2) is 24.3 Å². The summed E-state index contributed by atoms with van der Waals surface area (Å²) in [5, 5.41) is 13.5. The molecule has 1 aliphatic heterocycles. The van der Waals surface area contributed by atoms with Crippen LogP contribution in [-0.4, -0.2) is 36.5 Å². The molecule has 1 saturated carbocycles. The Hall–Kier alpha value is -1.59. The van der Waals surface area contributed by atoms with Crippen LogP contribution in [0.25, 0.3) is 0 Å². The molecule has 1 aromatic rings. The summed E-state index contributed by atoms with van der Waals surface area (Å²) in [6.45, 7) is 3.78. The van der Waals surface area contributed by atoms with Gasteiger partial charge in [0.1, 0.15) is 6.61 Å². The SMILES string of the molecule is CC(NCC1(O)CCC1)c1ccc(N2CCOC2=O)cc1. The fraction of sp³-hybridized carbons (Fsp3) is 0.562. The Kier molecular flexibility index (Phi) is 3.87. The second kappa shape index (κ2) is 5.66. The van der Waals surface area contributed by atoms with Crippen LogP contribution in [0.1, 0.15) is 37.8 Å². The summed E-state index contributed by atoms with van der Waals surface area (Å²) in [7, 11) is 0. The van der Waals surface area contributed by atoms with Crippen LogP contribution in [0, 0.1) is 0 Å². The van der Waals surface area contributed by atoms with Crippen LogP contribution < -0.4 is 10.2 Å². The summed E-state index contributed by atoms with van der Waals surface area (Å²) in [5.41, 5.74) is 1.51. The van der Waals surface area contributed by atoms with Crippen LogP contribution in [0.3, 0.4) is 0 Å². The molecule has 1 amide bonds. The predicted octanol–water partition coefficient (Wildman–Crippen LogP) is 2.21. The number of cyclic esters (lactones) is 1. The maximum atomic E-state index is 11.5. The number of amides is 1. The summed E-state index contributed by atoms with van der Waals surface area (Å²) in [5.74, 6) is 0. The maximum Gasteiger partial charge on any atom is 0.414 e. The molecule has 114 valence electrons. The third-order valence-electron chi connectivity index (χ3n) is 4.49. The molecule has 1 unspecified atom stereocenters. The van der Waals surface area contributed by atoms with Gasteiger partial charge in [0.25, 0.3) is 0 Å². The van der Waals surface area contributed by atoms with Crippen LogP contribution in [0.4, 0.5) is 10.5 Å². The highest BCUT2D eigenvalue weighted by Gasteiger charge is 2.34. The normalized spacial score (nSPS) is 21.8. The number of hydrogen-bond donors (Lipinski definition) is 2. The quantitative estimate of drug-likeness (QED) is 0.873. The van der Waals surface area contributed by atoms with Crippen molar-refractivity contribution in [2.24, 2.45) is 0 Å². The van der Waals surface area contributed by atoms with E-state index in [0.29, 0.717) is 19.7 Å². The molecule has 2 N–H and O–H groups in total. The van der Waals surface area contributed by atoms with Gasteiger partial charge in [0.2, 0.25) is 0 Å². The van der Waals surface area contributed by atoms with Gasteiger partial charge in [0.15, 0.2) is 0 Å². The molecule has 1 aromatic carbocycles. The van der Waals surface area contributed by atoms with E-state index in [4.69, 9.17) is 4.74 Å². The van der Waals surface area contributed by atoms with Gasteiger partial charge in [0, 0.05) is 18.3 Å². The van der Waals surface area contributed by atoms with Gasteiger partial charge in [-0.2, -0.15) is 0 Å². The number of benzene rings is 1. The minimum absolute atomic E-state index is 0.175. The Labute approximate surface area is 124 Å². The first kappa shape index (κ1) is 14.4. The van der Waals surface area contributed by atoms with Gasteiger partial charge in [-0.1, -0.05) is 12.1 Å². The Balaban J connectivity index is 1.59. The van der Waals surface area contributed by atoms with Crippen molar-refractivity contribution in [1.82, 2.24) is 5.32 Å². The number of carbonyl (C=O) groups excluding carboxylic acids is 1. The molecule has 0 aromatic heterocycles. The minimum Gasteiger partial charge on any atom is -0.447 e. The van der Waals surface area contributed by atoms with Gasteiger partial charge >= 0.3 is 6.09 Å². The molecule has 2 aliphatic rings. The van der Waals surface area contributed by atoms with Crippen LogP contribution in [0.5, 0.6) is 0 Å². The molecule has 0 bridgehead atoms. The molecule has 3 rings (SSSR count). The van der Waals surface area contributed by atoms with E-state index in [1.165, 1.54) is 0 Å². The Bertz CT molecular complexity index is 511. The number of ether oxygens (including phenoxy) is 1. The molecule has 1 heterocycles. The van der Waals surface area contributed by atoms with Gasteiger partial charge < -0.3 is 15.2 Å². The van der Waals surface area contributed by atoms with E-state index in [1.54, 1.807) is 4.90 Å². The zero-order chi connectivity index (χ0) is 14.9. The highest BCUT2D eigenvalue weighted by molar-refractivity contribution is 5.89. The molecule has 5 nitrogen and oxygen atoms in total. The fourth-order valence-corrected chi connectivity index (χ4v) is 2.79. The molecular formula is C16H22N2O3. The summed E-state index contributed by atoms with van der Waals surface area (Å²) in [4.78, 5) is 13.1. The Morgan fingerprint density at radius 3 is 2.62 bits per heavy atom.